The van der Waals surface area contributed by atoms with Gasteiger partial charge in [0.1, 0.15) is 0 Å². The zero-order valence-electron chi connectivity index (χ0n) is 11.2. The van der Waals surface area contributed by atoms with Crippen LogP contribution in [0.25, 0.3) is 0 Å². The van der Waals surface area contributed by atoms with E-state index >= 15 is 0 Å². The van der Waals surface area contributed by atoms with Gasteiger partial charge in [-0.05, 0) is 17.5 Å². The highest BCUT2D eigenvalue weighted by Crippen LogP contribution is 2.25. The van der Waals surface area contributed by atoms with Gasteiger partial charge < -0.3 is 5.11 Å². The third kappa shape index (κ3) is 2.62. The van der Waals surface area contributed by atoms with Crippen LogP contribution in [0.4, 0.5) is 0 Å². The number of carboxylic acids is 1. The van der Waals surface area contributed by atoms with Crippen molar-refractivity contribution in [3.8, 4) is 0 Å². The smallest absolute Gasteiger partial charge is 0.338 e. The first kappa shape index (κ1) is 14.0. The summed E-state index contributed by atoms with van der Waals surface area (Å²) in [6.45, 7) is 1.39. The summed E-state index contributed by atoms with van der Waals surface area (Å²) < 4.78 is 27.0. The molecule has 1 aromatic carbocycles. The molecule has 0 radical (unpaired) electrons. The number of nitrogens with zero attached hydrogens (tertiary/aromatic N) is 2. The highest BCUT2D eigenvalue weighted by atomic mass is 32.2. The van der Waals surface area contributed by atoms with E-state index in [2.05, 4.69) is 10.5 Å². The molecule has 0 bridgehead atoms. The van der Waals surface area contributed by atoms with Gasteiger partial charge in [-0.1, -0.05) is 24.3 Å². The fraction of sp³-hybridized carbons (Fsp3) is 0.286. The fourth-order valence-corrected chi connectivity index (χ4v) is 3.77. The second-order valence-corrected chi connectivity index (χ2v) is 6.73. The van der Waals surface area contributed by atoms with E-state index in [0.717, 1.165) is 18.2 Å². The van der Waals surface area contributed by atoms with Crippen molar-refractivity contribution in [1.29, 1.82) is 0 Å². The highest BCUT2D eigenvalue weighted by molar-refractivity contribution is 7.94. The monoisotopic (exact) mass is 306 g/mol. The number of fused-ring (bicyclic) bond motifs is 1. The lowest BCUT2D eigenvalue weighted by atomic mass is 10.00. The Balaban J connectivity index is 1.85. The van der Waals surface area contributed by atoms with Gasteiger partial charge in [-0.15, -0.1) is 0 Å². The second-order valence-electron chi connectivity index (χ2n) is 5.08. The van der Waals surface area contributed by atoms with Gasteiger partial charge in [0.15, 0.2) is 0 Å². The molecular weight excluding hydrogens is 292 g/mol. The number of benzene rings is 1. The number of aliphatic carboxylic acids is 1. The first-order valence-corrected chi connectivity index (χ1v) is 7.97. The molecule has 0 saturated heterocycles. The van der Waals surface area contributed by atoms with Crippen LogP contribution in [0.15, 0.2) is 39.1 Å². The van der Waals surface area contributed by atoms with Crippen molar-refractivity contribution in [2.75, 3.05) is 13.1 Å². The van der Waals surface area contributed by atoms with Gasteiger partial charge in [0, 0.05) is 19.6 Å². The number of rotatable bonds is 3. The topological polar surface area (TPSA) is 87.0 Å². The van der Waals surface area contributed by atoms with Crippen LogP contribution >= 0.6 is 0 Å². The lowest BCUT2D eigenvalue weighted by Crippen LogP contribution is -2.33. The third-order valence-corrected chi connectivity index (χ3v) is 5.09. The maximum atomic E-state index is 11.9. The van der Waals surface area contributed by atoms with Crippen LogP contribution in [0.2, 0.25) is 0 Å². The van der Waals surface area contributed by atoms with Crippen molar-refractivity contribution in [3.05, 3.63) is 45.9 Å². The lowest BCUT2D eigenvalue weighted by molar-refractivity contribution is -0.132. The molecule has 0 aliphatic carbocycles. The van der Waals surface area contributed by atoms with Crippen molar-refractivity contribution >= 4 is 22.2 Å². The molecule has 2 aliphatic rings. The number of sulfonamides is 1. The summed E-state index contributed by atoms with van der Waals surface area (Å²) in [5.74, 6) is -1.26. The van der Waals surface area contributed by atoms with Crippen LogP contribution in [0.1, 0.15) is 11.1 Å². The molecule has 0 saturated carbocycles. The predicted molar refractivity (Wildman–Crippen MR) is 77.5 cm³/mol. The highest BCUT2D eigenvalue weighted by Gasteiger charge is 2.31. The lowest BCUT2D eigenvalue weighted by Gasteiger charge is -2.28. The molecule has 110 valence electrons. The molecule has 1 aromatic rings. The Morgan fingerprint density at radius 3 is 2.71 bits per heavy atom. The largest absolute Gasteiger partial charge is 0.478 e. The summed E-state index contributed by atoms with van der Waals surface area (Å²) in [5.41, 5.74) is 2.18. The van der Waals surface area contributed by atoms with E-state index in [4.69, 9.17) is 5.11 Å². The zero-order valence-corrected chi connectivity index (χ0v) is 12.0. The summed E-state index contributed by atoms with van der Waals surface area (Å²) in [6, 6.07) is 7.99. The Morgan fingerprint density at radius 2 is 2.00 bits per heavy atom. The zero-order chi connectivity index (χ0) is 15.0. The summed E-state index contributed by atoms with van der Waals surface area (Å²) in [5, 5.41) is 9.07. The third-order valence-electron chi connectivity index (χ3n) is 3.74. The Labute approximate surface area is 122 Å². The molecule has 3 rings (SSSR count). The molecule has 2 aliphatic heterocycles. The molecule has 21 heavy (non-hydrogen) atoms. The van der Waals surface area contributed by atoms with Crippen LogP contribution in [0.5, 0.6) is 0 Å². The van der Waals surface area contributed by atoms with E-state index < -0.39 is 16.0 Å². The van der Waals surface area contributed by atoms with E-state index in [0.29, 0.717) is 13.1 Å². The molecule has 2 heterocycles. The summed E-state index contributed by atoms with van der Waals surface area (Å²) in [6.07, 6.45) is 1.75. The van der Waals surface area contributed by atoms with Crippen LogP contribution in [0, 0.1) is 0 Å². The predicted octanol–water partition coefficient (Wildman–Crippen LogP) is 0.798. The average Bonchev–Trinajstić information content (AvgIpc) is 2.74. The van der Waals surface area contributed by atoms with Gasteiger partial charge in [-0.3, -0.25) is 4.90 Å². The summed E-state index contributed by atoms with van der Waals surface area (Å²) in [7, 11) is -3.83. The number of hydrogen-bond acceptors (Lipinski definition) is 4. The molecular formula is C14H14N2O4S. The SMILES string of the molecule is O=C(O)C1=C(CN2CCc3ccccc3C2)S(=O)(=O)N=C1. The Kier molecular flexibility index (Phi) is 3.38. The van der Waals surface area contributed by atoms with Gasteiger partial charge in [0.25, 0.3) is 10.0 Å². The van der Waals surface area contributed by atoms with Gasteiger partial charge >= 0.3 is 5.97 Å². The van der Waals surface area contributed by atoms with Crippen molar-refractivity contribution in [2.24, 2.45) is 4.40 Å². The van der Waals surface area contributed by atoms with E-state index in [1.807, 2.05) is 23.1 Å². The standard InChI is InChI=1S/C14H14N2O4S/c17-14(18)12-7-15-21(19,20)13(12)9-16-6-5-10-3-1-2-4-11(10)8-16/h1-4,7H,5-6,8-9H2,(H,17,18). The van der Waals surface area contributed by atoms with Crippen molar-refractivity contribution in [3.63, 3.8) is 0 Å². The van der Waals surface area contributed by atoms with Crippen LogP contribution < -0.4 is 0 Å². The number of carbonyl (C=O) groups is 1. The van der Waals surface area contributed by atoms with Gasteiger partial charge in [0.2, 0.25) is 0 Å². The molecule has 0 unspecified atom stereocenters. The Bertz CT molecular complexity index is 765. The molecule has 7 heteroatoms. The van der Waals surface area contributed by atoms with Gasteiger partial charge in [0.05, 0.1) is 16.7 Å². The molecule has 0 fully saturated rings. The van der Waals surface area contributed by atoms with Crippen molar-refractivity contribution in [2.45, 2.75) is 13.0 Å². The van der Waals surface area contributed by atoms with Gasteiger partial charge in [-0.25, -0.2) is 4.79 Å². The Morgan fingerprint density at radius 1 is 1.29 bits per heavy atom. The molecule has 6 nitrogen and oxygen atoms in total. The van der Waals surface area contributed by atoms with Crippen molar-refractivity contribution < 1.29 is 18.3 Å². The maximum absolute atomic E-state index is 11.9. The maximum Gasteiger partial charge on any atom is 0.338 e. The Hall–Kier alpha value is -1.99. The summed E-state index contributed by atoms with van der Waals surface area (Å²) >= 11 is 0. The van der Waals surface area contributed by atoms with Crippen molar-refractivity contribution in [1.82, 2.24) is 4.90 Å². The normalized spacial score (nSPS) is 20.6. The molecule has 0 aromatic heterocycles. The quantitative estimate of drug-likeness (QED) is 0.892. The van der Waals surface area contributed by atoms with Crippen LogP contribution in [-0.2, 0) is 27.8 Å². The van der Waals surface area contributed by atoms with E-state index in [1.165, 1.54) is 5.56 Å². The van der Waals surface area contributed by atoms with Crippen LogP contribution in [-0.4, -0.2) is 43.7 Å². The van der Waals surface area contributed by atoms with E-state index in [1.54, 1.807) is 0 Å². The molecule has 1 N–H and O–H groups in total. The number of hydrogen-bond donors (Lipinski definition) is 1. The van der Waals surface area contributed by atoms with E-state index in [-0.39, 0.29) is 17.0 Å². The van der Waals surface area contributed by atoms with Gasteiger partial charge in [-0.2, -0.15) is 12.8 Å². The first-order valence-electron chi connectivity index (χ1n) is 6.53. The molecule has 0 spiro atoms. The first-order chi connectivity index (χ1) is 9.97. The van der Waals surface area contributed by atoms with E-state index in [9.17, 15) is 13.2 Å². The minimum absolute atomic E-state index is 0.0816. The average molecular weight is 306 g/mol. The minimum atomic E-state index is -3.83. The number of carboxylic acid groups (broad SMARTS) is 1. The molecule has 0 atom stereocenters. The minimum Gasteiger partial charge on any atom is -0.478 e. The van der Waals surface area contributed by atoms with Crippen LogP contribution in [0.3, 0.4) is 0 Å². The molecule has 0 amide bonds. The summed E-state index contributed by atoms with van der Waals surface area (Å²) in [4.78, 5) is 12.9. The second kappa shape index (κ2) is 5.09. The fourth-order valence-electron chi connectivity index (χ4n) is 2.63.